The van der Waals surface area contributed by atoms with Crippen LogP contribution in [0.3, 0.4) is 0 Å². The molecular formula is C20H28N2O3S. The van der Waals surface area contributed by atoms with Gasteiger partial charge in [0.2, 0.25) is 0 Å². The van der Waals surface area contributed by atoms with Gasteiger partial charge in [-0.3, -0.25) is 9.36 Å². The van der Waals surface area contributed by atoms with E-state index in [1.54, 1.807) is 32.1 Å². The molecule has 0 spiro atoms. The number of carbonyl (C=O) groups is 1. The van der Waals surface area contributed by atoms with Gasteiger partial charge in [-0.1, -0.05) is 20.8 Å². The lowest BCUT2D eigenvalue weighted by Gasteiger charge is -2.33. The van der Waals surface area contributed by atoms with E-state index in [1.807, 2.05) is 0 Å². The quantitative estimate of drug-likeness (QED) is 0.756. The van der Waals surface area contributed by atoms with Crippen molar-refractivity contribution in [3.05, 3.63) is 27.1 Å². The second-order valence-electron chi connectivity index (χ2n) is 8.61. The number of aryl methyl sites for hydroxylation is 1. The van der Waals surface area contributed by atoms with Crippen molar-refractivity contribution < 1.29 is 9.53 Å². The Bertz CT molecular complexity index is 889. The molecule has 1 aliphatic carbocycles. The highest BCUT2D eigenvalue weighted by atomic mass is 32.1. The summed E-state index contributed by atoms with van der Waals surface area (Å²) in [6.45, 7) is 12.1. The van der Waals surface area contributed by atoms with Crippen LogP contribution in [0.4, 0.5) is 0 Å². The van der Waals surface area contributed by atoms with E-state index in [4.69, 9.17) is 4.74 Å². The predicted molar refractivity (Wildman–Crippen MR) is 105 cm³/mol. The number of hydrogen-bond donors (Lipinski definition) is 0. The fourth-order valence-electron chi connectivity index (χ4n) is 3.64. The standard InChI is InChI=1S/C20H28N2O3S/c1-11(2)25-19(24)12(3)22-10-21-17-16(18(22)23)14-8-7-13(20(4,5)6)9-15(14)26-17/h10-13H,7-9H2,1-6H3/t12-,13-/m0/s1. The van der Waals surface area contributed by atoms with Gasteiger partial charge in [0.1, 0.15) is 10.9 Å². The van der Waals surface area contributed by atoms with Gasteiger partial charge in [-0.15, -0.1) is 11.3 Å². The molecule has 2 atom stereocenters. The molecule has 0 saturated heterocycles. The van der Waals surface area contributed by atoms with Gasteiger partial charge >= 0.3 is 5.97 Å². The molecule has 2 aromatic rings. The van der Waals surface area contributed by atoms with Crippen molar-refractivity contribution in [2.45, 2.75) is 73.0 Å². The molecule has 142 valence electrons. The molecule has 26 heavy (non-hydrogen) atoms. The first kappa shape index (κ1) is 19.1. The van der Waals surface area contributed by atoms with Crippen LogP contribution in [0, 0.1) is 11.3 Å². The van der Waals surface area contributed by atoms with Crippen molar-refractivity contribution in [2.24, 2.45) is 11.3 Å². The number of thiophene rings is 1. The average Bonchev–Trinajstić information content (AvgIpc) is 2.91. The number of fused-ring (bicyclic) bond motifs is 3. The Balaban J connectivity index is 2.01. The Morgan fingerprint density at radius 1 is 1.35 bits per heavy atom. The number of esters is 1. The van der Waals surface area contributed by atoms with E-state index in [9.17, 15) is 9.59 Å². The van der Waals surface area contributed by atoms with Crippen LogP contribution in [0.15, 0.2) is 11.1 Å². The summed E-state index contributed by atoms with van der Waals surface area (Å²) in [5.41, 5.74) is 1.27. The molecule has 6 heteroatoms. The van der Waals surface area contributed by atoms with Crippen LogP contribution in [0.2, 0.25) is 0 Å². The topological polar surface area (TPSA) is 61.2 Å². The van der Waals surface area contributed by atoms with Crippen molar-refractivity contribution in [1.82, 2.24) is 9.55 Å². The van der Waals surface area contributed by atoms with Crippen molar-refractivity contribution in [3.63, 3.8) is 0 Å². The third-order valence-electron chi connectivity index (χ3n) is 5.33. The minimum atomic E-state index is -0.678. The first-order valence-corrected chi connectivity index (χ1v) is 10.1. The van der Waals surface area contributed by atoms with Crippen LogP contribution >= 0.6 is 11.3 Å². The largest absolute Gasteiger partial charge is 0.461 e. The third kappa shape index (κ3) is 3.43. The van der Waals surface area contributed by atoms with E-state index < -0.39 is 12.0 Å². The van der Waals surface area contributed by atoms with Crippen molar-refractivity contribution in [3.8, 4) is 0 Å². The van der Waals surface area contributed by atoms with Crippen LogP contribution in [0.25, 0.3) is 10.2 Å². The van der Waals surface area contributed by atoms with Crippen LogP contribution in [0.1, 0.15) is 64.4 Å². The highest BCUT2D eigenvalue weighted by Gasteiger charge is 2.32. The number of nitrogens with zero attached hydrogens (tertiary/aromatic N) is 2. The highest BCUT2D eigenvalue weighted by Crippen LogP contribution is 2.42. The molecule has 0 N–H and O–H groups in total. The number of hydrogen-bond acceptors (Lipinski definition) is 5. The normalized spacial score (nSPS) is 18.8. The summed E-state index contributed by atoms with van der Waals surface area (Å²) in [4.78, 5) is 31.9. The predicted octanol–water partition coefficient (Wildman–Crippen LogP) is 4.12. The number of aromatic nitrogens is 2. The smallest absolute Gasteiger partial charge is 0.329 e. The molecule has 2 heterocycles. The van der Waals surface area contributed by atoms with Crippen molar-refractivity contribution >= 4 is 27.5 Å². The van der Waals surface area contributed by atoms with Crippen LogP contribution < -0.4 is 5.56 Å². The fraction of sp³-hybridized carbons (Fsp3) is 0.650. The Kier molecular flexibility index (Phi) is 4.99. The number of carbonyl (C=O) groups excluding carboxylic acids is 1. The minimum absolute atomic E-state index is 0.130. The summed E-state index contributed by atoms with van der Waals surface area (Å²) < 4.78 is 6.67. The Morgan fingerprint density at radius 2 is 2.04 bits per heavy atom. The van der Waals surface area contributed by atoms with Gasteiger partial charge in [0.25, 0.3) is 5.56 Å². The molecule has 0 bridgehead atoms. The lowest BCUT2D eigenvalue weighted by atomic mass is 9.72. The maximum absolute atomic E-state index is 13.1. The lowest BCUT2D eigenvalue weighted by Crippen LogP contribution is -2.31. The lowest BCUT2D eigenvalue weighted by molar-refractivity contribution is -0.151. The molecule has 5 nitrogen and oxygen atoms in total. The van der Waals surface area contributed by atoms with Crippen LogP contribution in [-0.4, -0.2) is 21.6 Å². The molecule has 0 aromatic carbocycles. The molecule has 3 rings (SSSR count). The molecule has 1 aliphatic rings. The van der Waals surface area contributed by atoms with Gasteiger partial charge in [0.05, 0.1) is 17.8 Å². The minimum Gasteiger partial charge on any atom is -0.461 e. The Morgan fingerprint density at radius 3 is 2.65 bits per heavy atom. The Hall–Kier alpha value is -1.69. The zero-order valence-corrected chi connectivity index (χ0v) is 17.3. The first-order valence-electron chi connectivity index (χ1n) is 9.31. The average molecular weight is 377 g/mol. The van der Waals surface area contributed by atoms with Gasteiger partial charge in [-0.2, -0.15) is 0 Å². The zero-order chi connectivity index (χ0) is 19.2. The summed E-state index contributed by atoms with van der Waals surface area (Å²) in [5, 5.41) is 0.698. The van der Waals surface area contributed by atoms with Gasteiger partial charge in [-0.25, -0.2) is 9.78 Å². The van der Waals surface area contributed by atoms with Crippen LogP contribution in [0.5, 0.6) is 0 Å². The number of ether oxygens (including phenoxy) is 1. The maximum Gasteiger partial charge on any atom is 0.329 e. The highest BCUT2D eigenvalue weighted by molar-refractivity contribution is 7.18. The summed E-state index contributed by atoms with van der Waals surface area (Å²) in [6.07, 6.45) is 4.27. The van der Waals surface area contributed by atoms with E-state index in [1.165, 1.54) is 15.8 Å². The first-order chi connectivity index (χ1) is 12.1. The van der Waals surface area contributed by atoms with E-state index >= 15 is 0 Å². The monoisotopic (exact) mass is 376 g/mol. The van der Waals surface area contributed by atoms with Crippen molar-refractivity contribution in [2.75, 3.05) is 0 Å². The van der Waals surface area contributed by atoms with Gasteiger partial charge in [-0.05, 0) is 56.9 Å². The van der Waals surface area contributed by atoms with Crippen LogP contribution in [-0.2, 0) is 22.4 Å². The summed E-state index contributed by atoms with van der Waals surface area (Å²) >= 11 is 1.63. The molecule has 2 aromatic heterocycles. The summed E-state index contributed by atoms with van der Waals surface area (Å²) in [5.74, 6) is 0.213. The maximum atomic E-state index is 13.1. The number of rotatable bonds is 3. The second-order valence-corrected chi connectivity index (χ2v) is 9.69. The molecule has 0 radical (unpaired) electrons. The SMILES string of the molecule is CC(C)OC(=O)[C@H](C)n1cnc2sc3c(c2c1=O)CC[C@H](C(C)(C)C)C3. The molecular weight excluding hydrogens is 348 g/mol. The summed E-state index contributed by atoms with van der Waals surface area (Å²) in [7, 11) is 0. The molecule has 0 amide bonds. The molecule has 0 aliphatic heterocycles. The molecule has 0 saturated carbocycles. The Labute approximate surface area is 158 Å². The third-order valence-corrected chi connectivity index (χ3v) is 6.49. The van der Waals surface area contributed by atoms with E-state index in [2.05, 4.69) is 25.8 Å². The van der Waals surface area contributed by atoms with Gasteiger partial charge < -0.3 is 4.74 Å². The second kappa shape index (κ2) is 6.80. The van der Waals surface area contributed by atoms with E-state index in [-0.39, 0.29) is 17.1 Å². The van der Waals surface area contributed by atoms with Crippen molar-refractivity contribution in [1.29, 1.82) is 0 Å². The van der Waals surface area contributed by atoms with Gasteiger partial charge in [0, 0.05) is 4.88 Å². The molecule has 0 fully saturated rings. The van der Waals surface area contributed by atoms with Gasteiger partial charge in [0.15, 0.2) is 0 Å². The summed E-state index contributed by atoms with van der Waals surface area (Å²) in [6, 6.07) is -0.678. The van der Waals surface area contributed by atoms with E-state index in [0.717, 1.165) is 29.7 Å². The molecule has 0 unspecified atom stereocenters. The zero-order valence-electron chi connectivity index (χ0n) is 16.5. The van der Waals surface area contributed by atoms with E-state index in [0.29, 0.717) is 11.3 Å². The fourth-order valence-corrected chi connectivity index (χ4v) is 4.90.